The highest BCUT2D eigenvalue weighted by molar-refractivity contribution is 6.30. The predicted molar refractivity (Wildman–Crippen MR) is 92.1 cm³/mol. The molecule has 0 spiro atoms. The van der Waals surface area contributed by atoms with Crippen molar-refractivity contribution in [3.05, 3.63) is 83.4 Å². The summed E-state index contributed by atoms with van der Waals surface area (Å²) in [6, 6.07) is 23.5. The molecule has 0 atom stereocenters. The van der Waals surface area contributed by atoms with Crippen LogP contribution in [0.1, 0.15) is 5.56 Å². The van der Waals surface area contributed by atoms with Crippen molar-refractivity contribution in [2.45, 2.75) is 6.61 Å². The largest absolute Gasteiger partial charge is 0.487 e. The maximum absolute atomic E-state index is 6.01. The van der Waals surface area contributed by atoms with Gasteiger partial charge in [-0.15, -0.1) is 0 Å². The minimum Gasteiger partial charge on any atom is -0.487 e. The lowest BCUT2D eigenvalue weighted by Crippen LogP contribution is -1.98. The van der Waals surface area contributed by atoms with Crippen LogP contribution in [0.25, 0.3) is 11.1 Å². The zero-order chi connectivity index (χ0) is 15.4. The topological polar surface area (TPSA) is 35.2 Å². The number of nitrogens with two attached hydrogens (primary N) is 1. The molecule has 0 saturated heterocycles. The van der Waals surface area contributed by atoms with Gasteiger partial charge in [-0.25, -0.2) is 0 Å². The van der Waals surface area contributed by atoms with Gasteiger partial charge in [-0.05, 0) is 41.0 Å². The van der Waals surface area contributed by atoms with Crippen molar-refractivity contribution in [1.29, 1.82) is 0 Å². The van der Waals surface area contributed by atoms with Crippen LogP contribution in [0, 0.1) is 0 Å². The lowest BCUT2D eigenvalue weighted by Gasteiger charge is -2.11. The molecule has 2 nitrogen and oxygen atoms in total. The second kappa shape index (κ2) is 6.54. The van der Waals surface area contributed by atoms with Crippen LogP contribution in [-0.4, -0.2) is 0 Å². The Kier molecular flexibility index (Phi) is 4.31. The minimum atomic E-state index is 0.495. The van der Waals surface area contributed by atoms with E-state index in [0.29, 0.717) is 18.0 Å². The normalized spacial score (nSPS) is 10.4. The summed E-state index contributed by atoms with van der Waals surface area (Å²) < 4.78 is 5.86. The van der Waals surface area contributed by atoms with E-state index in [1.165, 1.54) is 0 Å². The average Bonchev–Trinajstić information content (AvgIpc) is 2.56. The number of rotatable bonds is 4. The predicted octanol–water partition coefficient (Wildman–Crippen LogP) is 5.17. The Morgan fingerprint density at radius 2 is 1.50 bits per heavy atom. The van der Waals surface area contributed by atoms with Crippen LogP contribution in [0.4, 0.5) is 5.69 Å². The summed E-state index contributed by atoms with van der Waals surface area (Å²) in [6.07, 6.45) is 0. The van der Waals surface area contributed by atoms with Crippen molar-refractivity contribution in [1.82, 2.24) is 0 Å². The van der Waals surface area contributed by atoms with Gasteiger partial charge in [0.15, 0.2) is 0 Å². The Balaban J connectivity index is 1.82. The summed E-state index contributed by atoms with van der Waals surface area (Å²) in [5, 5.41) is 0.722. The van der Waals surface area contributed by atoms with E-state index in [9.17, 15) is 0 Å². The molecule has 110 valence electrons. The molecule has 0 aromatic heterocycles. The third-order valence-electron chi connectivity index (χ3n) is 3.43. The Morgan fingerprint density at radius 3 is 2.23 bits per heavy atom. The fraction of sp³-hybridized carbons (Fsp3) is 0.0526. The van der Waals surface area contributed by atoms with E-state index >= 15 is 0 Å². The minimum absolute atomic E-state index is 0.495. The molecule has 22 heavy (non-hydrogen) atoms. The summed E-state index contributed by atoms with van der Waals surface area (Å²) in [5.41, 5.74) is 9.88. The first kappa shape index (κ1) is 14.5. The Hall–Kier alpha value is -2.45. The van der Waals surface area contributed by atoms with Gasteiger partial charge >= 0.3 is 0 Å². The van der Waals surface area contributed by atoms with Crippen LogP contribution in [0.15, 0.2) is 72.8 Å². The van der Waals surface area contributed by atoms with Crippen LogP contribution in [0.3, 0.4) is 0 Å². The van der Waals surface area contributed by atoms with Crippen LogP contribution in [0.2, 0.25) is 5.02 Å². The van der Waals surface area contributed by atoms with Gasteiger partial charge in [0, 0.05) is 5.02 Å². The molecule has 0 aliphatic rings. The molecule has 0 fully saturated rings. The van der Waals surface area contributed by atoms with Gasteiger partial charge in [0.25, 0.3) is 0 Å². The van der Waals surface area contributed by atoms with E-state index in [-0.39, 0.29) is 0 Å². The third-order valence-corrected chi connectivity index (χ3v) is 3.68. The van der Waals surface area contributed by atoms with Gasteiger partial charge in [0.05, 0.1) is 5.69 Å². The molecule has 0 bridgehead atoms. The molecule has 0 radical (unpaired) electrons. The standard InChI is InChI=1S/C19H16ClNO/c20-17-9-6-15(7-10-17)16-8-11-18(21)19(12-16)22-13-14-4-2-1-3-5-14/h1-12H,13,21H2. The molecule has 0 amide bonds. The number of benzene rings is 3. The van der Waals surface area contributed by atoms with Gasteiger partial charge < -0.3 is 10.5 Å². The van der Waals surface area contributed by atoms with Crippen molar-refractivity contribution >= 4 is 17.3 Å². The van der Waals surface area contributed by atoms with Crippen molar-refractivity contribution in [2.75, 3.05) is 5.73 Å². The zero-order valence-corrected chi connectivity index (χ0v) is 12.8. The van der Waals surface area contributed by atoms with E-state index < -0.39 is 0 Å². The summed E-state index contributed by atoms with van der Waals surface area (Å²) >= 11 is 5.93. The summed E-state index contributed by atoms with van der Waals surface area (Å²) in [7, 11) is 0. The van der Waals surface area contributed by atoms with E-state index in [1.54, 1.807) is 0 Å². The monoisotopic (exact) mass is 309 g/mol. The van der Waals surface area contributed by atoms with Crippen molar-refractivity contribution in [3.8, 4) is 16.9 Å². The maximum atomic E-state index is 6.01. The zero-order valence-electron chi connectivity index (χ0n) is 12.0. The molecule has 3 aromatic rings. The number of anilines is 1. The quantitative estimate of drug-likeness (QED) is 0.675. The first-order chi connectivity index (χ1) is 10.7. The summed E-state index contributed by atoms with van der Waals surface area (Å²) in [4.78, 5) is 0. The van der Waals surface area contributed by atoms with E-state index in [1.807, 2.05) is 72.8 Å². The molecule has 0 aliphatic carbocycles. The van der Waals surface area contributed by atoms with Crippen LogP contribution in [-0.2, 0) is 6.61 Å². The van der Waals surface area contributed by atoms with Crippen molar-refractivity contribution in [2.24, 2.45) is 0 Å². The first-order valence-corrected chi connectivity index (χ1v) is 7.42. The fourth-order valence-electron chi connectivity index (χ4n) is 2.22. The highest BCUT2D eigenvalue weighted by Crippen LogP contribution is 2.30. The molecule has 2 N–H and O–H groups in total. The summed E-state index contributed by atoms with van der Waals surface area (Å²) in [5.74, 6) is 0.691. The molecule has 3 rings (SSSR count). The van der Waals surface area contributed by atoms with Gasteiger partial charge in [0.2, 0.25) is 0 Å². The van der Waals surface area contributed by atoms with Crippen LogP contribution >= 0.6 is 11.6 Å². The van der Waals surface area contributed by atoms with Gasteiger partial charge in [-0.3, -0.25) is 0 Å². The van der Waals surface area contributed by atoms with E-state index in [4.69, 9.17) is 22.1 Å². The fourth-order valence-corrected chi connectivity index (χ4v) is 2.34. The Bertz CT molecular complexity index is 754. The van der Waals surface area contributed by atoms with Crippen molar-refractivity contribution < 1.29 is 4.74 Å². The molecule has 0 unspecified atom stereocenters. The van der Waals surface area contributed by atoms with Crippen LogP contribution < -0.4 is 10.5 Å². The number of hydrogen-bond donors (Lipinski definition) is 1. The van der Waals surface area contributed by atoms with Gasteiger partial charge in [0.1, 0.15) is 12.4 Å². The molecule has 0 aliphatic heterocycles. The lowest BCUT2D eigenvalue weighted by atomic mass is 10.1. The number of ether oxygens (including phenoxy) is 1. The Labute approximate surface area is 135 Å². The highest BCUT2D eigenvalue weighted by atomic mass is 35.5. The molecule has 0 saturated carbocycles. The van der Waals surface area contributed by atoms with Gasteiger partial charge in [-0.1, -0.05) is 60.1 Å². The SMILES string of the molecule is Nc1ccc(-c2ccc(Cl)cc2)cc1OCc1ccccc1. The second-order valence-electron chi connectivity index (χ2n) is 5.03. The number of halogens is 1. The van der Waals surface area contributed by atoms with Crippen molar-refractivity contribution in [3.63, 3.8) is 0 Å². The maximum Gasteiger partial charge on any atom is 0.143 e. The van der Waals surface area contributed by atoms with E-state index in [0.717, 1.165) is 21.7 Å². The van der Waals surface area contributed by atoms with E-state index in [2.05, 4.69) is 0 Å². The number of nitrogen functional groups attached to an aromatic ring is 1. The lowest BCUT2D eigenvalue weighted by molar-refractivity contribution is 0.308. The third kappa shape index (κ3) is 3.41. The smallest absolute Gasteiger partial charge is 0.143 e. The number of hydrogen-bond acceptors (Lipinski definition) is 2. The van der Waals surface area contributed by atoms with Crippen LogP contribution in [0.5, 0.6) is 5.75 Å². The molecule has 3 heteroatoms. The molecular weight excluding hydrogens is 294 g/mol. The first-order valence-electron chi connectivity index (χ1n) is 7.04. The Morgan fingerprint density at radius 1 is 0.818 bits per heavy atom. The highest BCUT2D eigenvalue weighted by Gasteiger charge is 2.05. The second-order valence-corrected chi connectivity index (χ2v) is 5.47. The average molecular weight is 310 g/mol. The molecule has 3 aromatic carbocycles. The van der Waals surface area contributed by atoms with Gasteiger partial charge in [-0.2, -0.15) is 0 Å². The molecule has 0 heterocycles. The summed E-state index contributed by atoms with van der Waals surface area (Å²) in [6.45, 7) is 0.495. The molecular formula is C19H16ClNO.